The van der Waals surface area contributed by atoms with E-state index in [9.17, 15) is 9.59 Å². The molecule has 0 bridgehead atoms. The van der Waals surface area contributed by atoms with Crippen LogP contribution in [0.25, 0.3) is 0 Å². The number of carbonyl (C=O) groups excluding carboxylic acids is 2. The second-order valence-electron chi connectivity index (χ2n) is 3.07. The van der Waals surface area contributed by atoms with Crippen molar-refractivity contribution in [3.63, 3.8) is 0 Å². The number of rotatable bonds is 3. The zero-order chi connectivity index (χ0) is 11.9. The Labute approximate surface area is 86.1 Å². The van der Waals surface area contributed by atoms with E-state index in [-0.39, 0.29) is 12.5 Å². The predicted octanol–water partition coefficient (Wildman–Crippen LogP) is -3.51. The molecule has 0 aliphatic carbocycles. The summed E-state index contributed by atoms with van der Waals surface area (Å²) < 4.78 is 0. The van der Waals surface area contributed by atoms with Crippen LogP contribution < -0.4 is 16.4 Å². The first-order chi connectivity index (χ1) is 6.97. The van der Waals surface area contributed by atoms with Gasteiger partial charge in [-0.3, -0.25) is 10.1 Å². The summed E-state index contributed by atoms with van der Waals surface area (Å²) in [6.45, 7) is -1.08. The van der Waals surface area contributed by atoms with Gasteiger partial charge in [-0.1, -0.05) is 0 Å². The second-order valence-corrected chi connectivity index (χ2v) is 3.07. The van der Waals surface area contributed by atoms with Crippen LogP contribution in [0.15, 0.2) is 0 Å². The summed E-state index contributed by atoms with van der Waals surface area (Å²) >= 11 is 0. The quantitative estimate of drug-likeness (QED) is 0.272. The molecule has 1 aliphatic heterocycles. The fourth-order valence-electron chi connectivity index (χ4n) is 0.526. The number of carbonyl (C=O) groups is 2. The van der Waals surface area contributed by atoms with Gasteiger partial charge >= 0.3 is 6.03 Å². The average Bonchev–Trinajstić information content (AvgIpc) is 2.62. The third-order valence-electron chi connectivity index (χ3n) is 1.61. The summed E-state index contributed by atoms with van der Waals surface area (Å²) in [4.78, 5) is 20.1. The molecule has 0 aromatic rings. The van der Waals surface area contributed by atoms with Crippen LogP contribution in [-0.2, 0) is 4.79 Å². The molecule has 8 heteroatoms. The highest BCUT2D eigenvalue weighted by Gasteiger charge is 2.20. The summed E-state index contributed by atoms with van der Waals surface area (Å²) in [5, 5.41) is 29.3. The lowest BCUT2D eigenvalue weighted by molar-refractivity contribution is -0.117. The second kappa shape index (κ2) is 6.30. The van der Waals surface area contributed by atoms with Crippen LogP contribution in [-0.4, -0.2) is 59.2 Å². The first kappa shape index (κ1) is 13.8. The lowest BCUT2D eigenvalue weighted by Gasteiger charge is -2.20. The monoisotopic (exact) mass is 221 g/mol. The van der Waals surface area contributed by atoms with Crippen molar-refractivity contribution >= 4 is 11.9 Å². The minimum atomic E-state index is -1.21. The minimum absolute atomic E-state index is 0.124. The molecular weight excluding hydrogens is 206 g/mol. The van der Waals surface area contributed by atoms with Gasteiger partial charge in [-0.25, -0.2) is 4.79 Å². The van der Waals surface area contributed by atoms with Crippen LogP contribution in [0.4, 0.5) is 4.79 Å². The Morgan fingerprint density at radius 1 is 1.20 bits per heavy atom. The number of aliphatic hydroxyl groups is 3. The number of nitrogens with one attached hydrogen (secondary N) is 2. The van der Waals surface area contributed by atoms with Crippen LogP contribution in [0, 0.1) is 0 Å². The summed E-state index contributed by atoms with van der Waals surface area (Å²) in [6.07, 6.45) is 0. The Bertz CT molecular complexity index is 206. The molecule has 0 aromatic carbocycles. The Balaban J connectivity index is 0.000000262. The maximum absolute atomic E-state index is 10.1. The van der Waals surface area contributed by atoms with Gasteiger partial charge in [0.25, 0.3) is 0 Å². The van der Waals surface area contributed by atoms with Gasteiger partial charge in [0.05, 0.1) is 31.9 Å². The van der Waals surface area contributed by atoms with Gasteiger partial charge in [0.1, 0.15) is 0 Å². The van der Waals surface area contributed by atoms with E-state index in [0.717, 1.165) is 0 Å². The molecule has 0 saturated carbocycles. The number of amides is 3. The van der Waals surface area contributed by atoms with Gasteiger partial charge in [0.15, 0.2) is 0 Å². The maximum atomic E-state index is 10.1. The van der Waals surface area contributed by atoms with Crippen molar-refractivity contribution in [2.75, 3.05) is 26.4 Å². The number of aliphatic hydroxyl groups excluding tert-OH is 3. The van der Waals surface area contributed by atoms with E-state index in [4.69, 9.17) is 21.1 Å². The molecule has 1 aliphatic rings. The highest BCUT2D eigenvalue weighted by Crippen LogP contribution is 1.93. The van der Waals surface area contributed by atoms with E-state index >= 15 is 0 Å². The summed E-state index contributed by atoms with van der Waals surface area (Å²) in [5.74, 6) is -0.259. The Hall–Kier alpha value is -1.22. The van der Waals surface area contributed by atoms with Crippen LogP contribution in [0.5, 0.6) is 0 Å². The molecule has 1 fully saturated rings. The van der Waals surface area contributed by atoms with Crippen molar-refractivity contribution in [1.82, 2.24) is 10.6 Å². The normalized spacial score (nSPS) is 15.2. The molecule has 0 spiro atoms. The smallest absolute Gasteiger partial charge is 0.321 e. The lowest BCUT2D eigenvalue weighted by Crippen LogP contribution is -2.50. The molecule has 0 radical (unpaired) electrons. The summed E-state index contributed by atoms with van der Waals surface area (Å²) in [6, 6.07) is -0.398. The molecule has 3 amide bonds. The number of nitrogens with two attached hydrogens (primary N) is 1. The molecule has 1 saturated heterocycles. The molecule has 1 rings (SSSR count). The maximum Gasteiger partial charge on any atom is 0.321 e. The molecule has 1 heterocycles. The predicted molar refractivity (Wildman–Crippen MR) is 49.7 cm³/mol. The van der Waals surface area contributed by atoms with Crippen molar-refractivity contribution in [3.05, 3.63) is 0 Å². The summed E-state index contributed by atoms with van der Waals surface area (Å²) in [5.41, 5.74) is 3.94. The zero-order valence-corrected chi connectivity index (χ0v) is 8.06. The molecule has 0 unspecified atom stereocenters. The van der Waals surface area contributed by atoms with Crippen molar-refractivity contribution in [2.45, 2.75) is 5.54 Å². The van der Waals surface area contributed by atoms with Gasteiger partial charge in [-0.2, -0.15) is 0 Å². The van der Waals surface area contributed by atoms with Gasteiger partial charge in [-0.05, 0) is 0 Å². The standard InChI is InChI=1S/C4H11NO3.C3H4N2O2/c5-4(1-6,2-7)3-8;6-2-1-4-3(7)5-2/h6-8H,1-3,5H2;1H2,(H2,4,5,6,7). The number of urea groups is 1. The third-order valence-corrected chi connectivity index (χ3v) is 1.61. The molecule has 0 aromatic heterocycles. The zero-order valence-electron chi connectivity index (χ0n) is 8.06. The molecule has 0 atom stereocenters. The fourth-order valence-corrected chi connectivity index (χ4v) is 0.526. The highest BCUT2D eigenvalue weighted by molar-refractivity contribution is 6.01. The van der Waals surface area contributed by atoms with Crippen molar-refractivity contribution in [3.8, 4) is 0 Å². The van der Waals surface area contributed by atoms with Gasteiger partial charge in [0, 0.05) is 0 Å². The van der Waals surface area contributed by atoms with E-state index in [1.54, 1.807) is 0 Å². The number of hydrogen-bond acceptors (Lipinski definition) is 6. The van der Waals surface area contributed by atoms with Gasteiger partial charge < -0.3 is 26.4 Å². The van der Waals surface area contributed by atoms with E-state index in [1.165, 1.54) is 0 Å². The Kier molecular flexibility index (Phi) is 5.79. The van der Waals surface area contributed by atoms with Gasteiger partial charge in [-0.15, -0.1) is 0 Å². The first-order valence-electron chi connectivity index (χ1n) is 4.16. The summed E-state index contributed by atoms with van der Waals surface area (Å²) in [7, 11) is 0. The molecule has 8 nitrogen and oxygen atoms in total. The van der Waals surface area contributed by atoms with Crippen LogP contribution in [0.3, 0.4) is 0 Å². The minimum Gasteiger partial charge on any atom is -0.394 e. The first-order valence-corrected chi connectivity index (χ1v) is 4.16. The van der Waals surface area contributed by atoms with E-state index in [2.05, 4.69) is 5.32 Å². The van der Waals surface area contributed by atoms with E-state index < -0.39 is 31.4 Å². The van der Waals surface area contributed by atoms with E-state index in [1.807, 2.05) is 5.32 Å². The number of imide groups is 1. The lowest BCUT2D eigenvalue weighted by atomic mass is 10.1. The molecule has 15 heavy (non-hydrogen) atoms. The third kappa shape index (κ3) is 5.27. The van der Waals surface area contributed by atoms with Crippen molar-refractivity contribution in [1.29, 1.82) is 0 Å². The van der Waals surface area contributed by atoms with Gasteiger partial charge in [0.2, 0.25) is 5.91 Å². The van der Waals surface area contributed by atoms with E-state index in [0.29, 0.717) is 0 Å². The number of hydrogen-bond donors (Lipinski definition) is 6. The van der Waals surface area contributed by atoms with Crippen LogP contribution in [0.2, 0.25) is 0 Å². The Morgan fingerprint density at radius 3 is 1.73 bits per heavy atom. The topological polar surface area (TPSA) is 145 Å². The largest absolute Gasteiger partial charge is 0.394 e. The highest BCUT2D eigenvalue weighted by atomic mass is 16.3. The van der Waals surface area contributed by atoms with Crippen molar-refractivity contribution in [2.24, 2.45) is 5.73 Å². The van der Waals surface area contributed by atoms with Crippen molar-refractivity contribution < 1.29 is 24.9 Å². The van der Waals surface area contributed by atoms with Crippen LogP contribution >= 0.6 is 0 Å². The fraction of sp³-hybridized carbons (Fsp3) is 0.714. The Morgan fingerprint density at radius 2 is 1.67 bits per heavy atom. The van der Waals surface area contributed by atoms with Crippen LogP contribution in [0.1, 0.15) is 0 Å². The average molecular weight is 221 g/mol. The molecule has 7 N–H and O–H groups in total. The SMILES string of the molecule is NC(CO)(CO)CO.O=C1CNC(=O)N1. The molecule has 88 valence electrons. The molecular formula is C7H15N3O5.